The van der Waals surface area contributed by atoms with Crippen LogP contribution in [0.4, 0.5) is 4.39 Å². The Morgan fingerprint density at radius 2 is 2.00 bits per heavy atom. The largest absolute Gasteiger partial charge is 0.323 e. The Bertz CT molecular complexity index is 591. The highest BCUT2D eigenvalue weighted by Gasteiger charge is 2.32. The van der Waals surface area contributed by atoms with Crippen LogP contribution in [0, 0.1) is 12.7 Å². The molecule has 0 saturated carbocycles. The van der Waals surface area contributed by atoms with Gasteiger partial charge in [-0.25, -0.2) is 4.39 Å². The van der Waals surface area contributed by atoms with Crippen LogP contribution in [0.2, 0.25) is 0 Å². The summed E-state index contributed by atoms with van der Waals surface area (Å²) in [6.45, 7) is 1.99. The van der Waals surface area contributed by atoms with Crippen molar-refractivity contribution < 1.29 is 4.39 Å². The Labute approximate surface area is 106 Å². The number of benzene rings is 2. The van der Waals surface area contributed by atoms with Crippen LogP contribution in [0.5, 0.6) is 0 Å². The lowest BCUT2D eigenvalue weighted by Gasteiger charge is -2.35. The molecule has 0 heterocycles. The van der Waals surface area contributed by atoms with Crippen molar-refractivity contribution in [3.8, 4) is 0 Å². The molecular formula is C16H16FN. The third-order valence-electron chi connectivity index (χ3n) is 3.93. The van der Waals surface area contributed by atoms with Crippen LogP contribution in [0.1, 0.15) is 34.2 Å². The maximum absolute atomic E-state index is 13.3. The molecule has 2 aromatic carbocycles. The summed E-state index contributed by atoms with van der Waals surface area (Å²) in [5.41, 5.74) is 11.0. The predicted molar refractivity (Wildman–Crippen MR) is 71.0 cm³/mol. The monoisotopic (exact) mass is 241 g/mol. The van der Waals surface area contributed by atoms with E-state index in [2.05, 4.69) is 12.1 Å². The molecule has 2 N–H and O–H groups in total. The van der Waals surface area contributed by atoms with E-state index in [1.807, 2.05) is 19.1 Å². The molecule has 0 amide bonds. The standard InChI is InChI=1S/C16H16FN/c1-10-6-7-12(17)9-14(10)16(18)15-8-11-4-2-3-5-13(11)15/h2-7,9,15-16H,8,18H2,1H3. The molecule has 2 unspecified atom stereocenters. The molecule has 1 aliphatic rings. The van der Waals surface area contributed by atoms with Gasteiger partial charge >= 0.3 is 0 Å². The van der Waals surface area contributed by atoms with Crippen molar-refractivity contribution in [3.05, 3.63) is 70.5 Å². The van der Waals surface area contributed by atoms with Crippen molar-refractivity contribution in [1.82, 2.24) is 0 Å². The van der Waals surface area contributed by atoms with Crippen molar-refractivity contribution in [2.45, 2.75) is 25.3 Å². The minimum absolute atomic E-state index is 0.115. The average molecular weight is 241 g/mol. The number of hydrogen-bond donors (Lipinski definition) is 1. The third kappa shape index (κ3) is 1.73. The zero-order chi connectivity index (χ0) is 12.7. The van der Waals surface area contributed by atoms with Crippen molar-refractivity contribution >= 4 is 0 Å². The zero-order valence-corrected chi connectivity index (χ0v) is 10.4. The molecule has 0 aromatic heterocycles. The summed E-state index contributed by atoms with van der Waals surface area (Å²) < 4.78 is 13.3. The molecule has 1 aliphatic carbocycles. The molecule has 18 heavy (non-hydrogen) atoms. The molecule has 0 radical (unpaired) electrons. The van der Waals surface area contributed by atoms with Crippen LogP contribution >= 0.6 is 0 Å². The first-order chi connectivity index (χ1) is 8.66. The Hall–Kier alpha value is -1.67. The molecule has 2 heteroatoms. The summed E-state index contributed by atoms with van der Waals surface area (Å²) in [6, 6.07) is 13.1. The van der Waals surface area contributed by atoms with E-state index >= 15 is 0 Å². The van der Waals surface area contributed by atoms with E-state index in [9.17, 15) is 4.39 Å². The lowest BCUT2D eigenvalue weighted by atomic mass is 9.71. The number of halogens is 1. The van der Waals surface area contributed by atoms with Gasteiger partial charge in [-0.05, 0) is 47.7 Å². The summed E-state index contributed by atoms with van der Waals surface area (Å²) >= 11 is 0. The molecule has 0 spiro atoms. The maximum atomic E-state index is 13.3. The first-order valence-corrected chi connectivity index (χ1v) is 6.26. The van der Waals surface area contributed by atoms with E-state index in [0.717, 1.165) is 17.5 Å². The van der Waals surface area contributed by atoms with Gasteiger partial charge in [0.25, 0.3) is 0 Å². The fraction of sp³-hybridized carbons (Fsp3) is 0.250. The van der Waals surface area contributed by atoms with Gasteiger partial charge in [0.1, 0.15) is 5.82 Å². The average Bonchev–Trinajstić information content (AvgIpc) is 2.33. The molecule has 92 valence electrons. The first kappa shape index (κ1) is 11.4. The molecular weight excluding hydrogens is 225 g/mol. The molecule has 3 rings (SSSR count). The summed E-state index contributed by atoms with van der Waals surface area (Å²) in [7, 11) is 0. The van der Waals surface area contributed by atoms with Crippen LogP contribution in [-0.4, -0.2) is 0 Å². The number of hydrogen-bond acceptors (Lipinski definition) is 1. The summed E-state index contributed by atoms with van der Waals surface area (Å²) in [5, 5.41) is 0. The predicted octanol–water partition coefficient (Wildman–Crippen LogP) is 3.47. The summed E-state index contributed by atoms with van der Waals surface area (Å²) in [5.74, 6) is 0.111. The summed E-state index contributed by atoms with van der Waals surface area (Å²) in [6.07, 6.45) is 0.993. The number of nitrogens with two attached hydrogens (primary N) is 1. The fourth-order valence-corrected chi connectivity index (χ4v) is 2.81. The van der Waals surface area contributed by atoms with Gasteiger partial charge in [0.15, 0.2) is 0 Å². The maximum Gasteiger partial charge on any atom is 0.123 e. The van der Waals surface area contributed by atoms with Crippen molar-refractivity contribution in [2.24, 2.45) is 5.73 Å². The topological polar surface area (TPSA) is 26.0 Å². The summed E-state index contributed by atoms with van der Waals surface area (Å²) in [4.78, 5) is 0. The van der Waals surface area contributed by atoms with Gasteiger partial charge in [-0.2, -0.15) is 0 Å². The van der Waals surface area contributed by atoms with E-state index in [0.29, 0.717) is 5.92 Å². The Morgan fingerprint density at radius 3 is 2.78 bits per heavy atom. The van der Waals surface area contributed by atoms with E-state index in [4.69, 9.17) is 5.73 Å². The molecule has 0 saturated heterocycles. The molecule has 0 fully saturated rings. The molecule has 0 bridgehead atoms. The lowest BCUT2D eigenvalue weighted by Crippen LogP contribution is -2.29. The number of aryl methyl sites for hydroxylation is 1. The molecule has 2 atom stereocenters. The van der Waals surface area contributed by atoms with Crippen LogP contribution in [-0.2, 0) is 6.42 Å². The third-order valence-corrected chi connectivity index (χ3v) is 3.93. The second kappa shape index (κ2) is 4.21. The molecule has 2 aromatic rings. The van der Waals surface area contributed by atoms with Gasteiger partial charge in [0.2, 0.25) is 0 Å². The SMILES string of the molecule is Cc1ccc(F)cc1C(N)C1Cc2ccccc21. The smallest absolute Gasteiger partial charge is 0.123 e. The van der Waals surface area contributed by atoms with E-state index in [-0.39, 0.29) is 11.9 Å². The van der Waals surface area contributed by atoms with Gasteiger partial charge < -0.3 is 5.73 Å². The van der Waals surface area contributed by atoms with Crippen molar-refractivity contribution in [2.75, 3.05) is 0 Å². The number of fused-ring (bicyclic) bond motifs is 1. The van der Waals surface area contributed by atoms with E-state index in [1.165, 1.54) is 17.2 Å². The van der Waals surface area contributed by atoms with Crippen LogP contribution in [0.25, 0.3) is 0 Å². The molecule has 1 nitrogen and oxygen atoms in total. The van der Waals surface area contributed by atoms with Gasteiger partial charge in [-0.3, -0.25) is 0 Å². The minimum Gasteiger partial charge on any atom is -0.323 e. The fourth-order valence-electron chi connectivity index (χ4n) is 2.81. The second-order valence-corrected chi connectivity index (χ2v) is 5.04. The normalized spacial score (nSPS) is 18.9. The van der Waals surface area contributed by atoms with E-state index in [1.54, 1.807) is 12.1 Å². The second-order valence-electron chi connectivity index (χ2n) is 5.04. The van der Waals surface area contributed by atoms with Crippen molar-refractivity contribution in [1.29, 1.82) is 0 Å². The Kier molecular flexibility index (Phi) is 2.67. The van der Waals surface area contributed by atoms with Crippen LogP contribution in [0.15, 0.2) is 42.5 Å². The highest BCUT2D eigenvalue weighted by molar-refractivity contribution is 5.44. The highest BCUT2D eigenvalue weighted by Crippen LogP contribution is 2.42. The van der Waals surface area contributed by atoms with E-state index < -0.39 is 0 Å². The minimum atomic E-state index is -0.210. The Morgan fingerprint density at radius 1 is 1.22 bits per heavy atom. The van der Waals surface area contributed by atoms with Gasteiger partial charge in [-0.1, -0.05) is 30.3 Å². The zero-order valence-electron chi connectivity index (χ0n) is 10.4. The quantitative estimate of drug-likeness (QED) is 0.856. The van der Waals surface area contributed by atoms with Gasteiger partial charge in [0.05, 0.1) is 0 Å². The highest BCUT2D eigenvalue weighted by atomic mass is 19.1. The van der Waals surface area contributed by atoms with Gasteiger partial charge in [-0.15, -0.1) is 0 Å². The van der Waals surface area contributed by atoms with Gasteiger partial charge in [0, 0.05) is 12.0 Å². The first-order valence-electron chi connectivity index (χ1n) is 6.26. The van der Waals surface area contributed by atoms with Crippen molar-refractivity contribution in [3.63, 3.8) is 0 Å². The van der Waals surface area contributed by atoms with Crippen LogP contribution < -0.4 is 5.73 Å². The Balaban J connectivity index is 1.93. The molecule has 0 aliphatic heterocycles. The lowest BCUT2D eigenvalue weighted by molar-refractivity contribution is 0.495. The van der Waals surface area contributed by atoms with Crippen LogP contribution in [0.3, 0.4) is 0 Å². The number of rotatable bonds is 2.